The third-order valence-corrected chi connectivity index (χ3v) is 4.92. The fraction of sp³-hybridized carbons (Fsp3) is 0.526. The number of hydrogen-bond donors (Lipinski definition) is 1. The molecule has 7 nitrogen and oxygen atoms in total. The number of carbonyl (C=O) groups is 1. The number of carbonyl (C=O) groups excluding carboxylic acids is 1. The van der Waals surface area contributed by atoms with E-state index in [4.69, 9.17) is 9.26 Å². The van der Waals surface area contributed by atoms with Crippen LogP contribution >= 0.6 is 0 Å². The molecule has 3 rings (SSSR count). The smallest absolute Gasteiger partial charge is 0.383 e. The number of hydrogen-bond acceptors (Lipinski definition) is 5. The van der Waals surface area contributed by atoms with Crippen molar-refractivity contribution in [3.8, 4) is 0 Å². The highest BCUT2D eigenvalue weighted by molar-refractivity contribution is 5.74. The molecule has 2 heterocycles. The van der Waals surface area contributed by atoms with Crippen molar-refractivity contribution < 1.29 is 27.2 Å². The molecule has 0 aliphatic carbocycles. The topological polar surface area (TPSA) is 80.5 Å². The monoisotopic (exact) mass is 412 g/mol. The fourth-order valence-corrected chi connectivity index (χ4v) is 3.48. The number of aryl methyl sites for hydroxylation is 1. The van der Waals surface area contributed by atoms with Gasteiger partial charge in [0.15, 0.2) is 5.82 Å². The molecule has 1 saturated heterocycles. The lowest BCUT2D eigenvalue weighted by Gasteiger charge is -2.36. The molecular formula is C19H23F3N4O3. The van der Waals surface area contributed by atoms with E-state index in [1.165, 1.54) is 12.1 Å². The highest BCUT2D eigenvalue weighted by Gasteiger charge is 2.35. The van der Waals surface area contributed by atoms with Crippen LogP contribution in [0, 0.1) is 6.92 Å². The van der Waals surface area contributed by atoms with Gasteiger partial charge in [-0.1, -0.05) is 17.3 Å². The Hall–Kier alpha value is -2.62. The van der Waals surface area contributed by atoms with Gasteiger partial charge in [-0.15, -0.1) is 0 Å². The van der Waals surface area contributed by atoms with E-state index >= 15 is 0 Å². The molecule has 2 amide bonds. The molecule has 158 valence electrons. The summed E-state index contributed by atoms with van der Waals surface area (Å²) in [6.45, 7) is 3.22. The van der Waals surface area contributed by atoms with Crippen LogP contribution in [0.25, 0.3) is 0 Å². The number of alkyl halides is 3. The highest BCUT2D eigenvalue weighted by atomic mass is 19.4. The van der Waals surface area contributed by atoms with E-state index < -0.39 is 11.7 Å². The molecule has 0 spiro atoms. The lowest BCUT2D eigenvalue weighted by molar-refractivity contribution is -0.137. The van der Waals surface area contributed by atoms with E-state index in [0.717, 1.165) is 17.7 Å². The Kier molecular flexibility index (Phi) is 6.41. The number of nitrogens with one attached hydrogen (secondary N) is 1. The van der Waals surface area contributed by atoms with Gasteiger partial charge in [-0.3, -0.25) is 0 Å². The van der Waals surface area contributed by atoms with E-state index in [1.54, 1.807) is 18.9 Å². The van der Waals surface area contributed by atoms with E-state index in [2.05, 4.69) is 15.5 Å². The second-order valence-electron chi connectivity index (χ2n) is 7.06. The molecule has 2 atom stereocenters. The Balaban J connectivity index is 1.80. The molecule has 1 aromatic heterocycles. The molecule has 1 aliphatic heterocycles. The molecule has 1 aliphatic rings. The minimum absolute atomic E-state index is 0.156. The van der Waals surface area contributed by atoms with Crippen LogP contribution in [0.5, 0.6) is 0 Å². The minimum Gasteiger partial charge on any atom is -0.383 e. The maximum absolute atomic E-state index is 12.9. The van der Waals surface area contributed by atoms with Crippen molar-refractivity contribution in [1.29, 1.82) is 0 Å². The summed E-state index contributed by atoms with van der Waals surface area (Å²) in [7, 11) is 1.54. The van der Waals surface area contributed by atoms with Gasteiger partial charge >= 0.3 is 12.2 Å². The lowest BCUT2D eigenvalue weighted by atomic mass is 9.84. The van der Waals surface area contributed by atoms with Crippen LogP contribution in [-0.4, -0.2) is 54.4 Å². The first-order chi connectivity index (χ1) is 13.8. The predicted molar refractivity (Wildman–Crippen MR) is 97.4 cm³/mol. The number of likely N-dealkylation sites (tertiary alicyclic amines) is 1. The number of urea groups is 1. The molecule has 1 aromatic carbocycles. The Labute approximate surface area is 166 Å². The molecule has 10 heteroatoms. The first-order valence-electron chi connectivity index (χ1n) is 9.27. The van der Waals surface area contributed by atoms with Gasteiger partial charge in [0.05, 0.1) is 18.1 Å². The van der Waals surface area contributed by atoms with Crippen LogP contribution in [0.2, 0.25) is 0 Å². The van der Waals surface area contributed by atoms with Gasteiger partial charge in [-0.2, -0.15) is 18.2 Å². The Morgan fingerprint density at radius 3 is 2.55 bits per heavy atom. The number of rotatable bonds is 5. The van der Waals surface area contributed by atoms with Gasteiger partial charge in [-0.05, 0) is 31.0 Å². The molecule has 1 fully saturated rings. The van der Waals surface area contributed by atoms with E-state index in [9.17, 15) is 18.0 Å². The van der Waals surface area contributed by atoms with Gasteiger partial charge in [0.2, 0.25) is 5.89 Å². The summed E-state index contributed by atoms with van der Waals surface area (Å²) in [4.78, 5) is 18.5. The van der Waals surface area contributed by atoms with Crippen LogP contribution in [0.3, 0.4) is 0 Å². The second kappa shape index (κ2) is 8.81. The van der Waals surface area contributed by atoms with Gasteiger partial charge in [-0.25, -0.2) is 4.79 Å². The normalized spacial score (nSPS) is 20.0. The van der Waals surface area contributed by atoms with Crippen molar-refractivity contribution >= 4 is 6.03 Å². The van der Waals surface area contributed by atoms with Crippen LogP contribution < -0.4 is 5.32 Å². The van der Waals surface area contributed by atoms with Crippen LogP contribution in [0.4, 0.5) is 18.0 Å². The summed E-state index contributed by atoms with van der Waals surface area (Å²) >= 11 is 0. The Morgan fingerprint density at radius 2 is 1.97 bits per heavy atom. The van der Waals surface area contributed by atoms with Crippen molar-refractivity contribution in [2.75, 3.05) is 33.4 Å². The molecule has 0 bridgehead atoms. The maximum Gasteiger partial charge on any atom is 0.416 e. The number of amides is 2. The molecule has 29 heavy (non-hydrogen) atoms. The van der Waals surface area contributed by atoms with Crippen LogP contribution in [0.15, 0.2) is 28.8 Å². The average Bonchev–Trinajstić information content (AvgIpc) is 3.13. The highest BCUT2D eigenvalue weighted by Crippen LogP contribution is 2.36. The maximum atomic E-state index is 12.9. The number of piperidine rings is 1. The summed E-state index contributed by atoms with van der Waals surface area (Å²) in [5.74, 6) is 0.559. The van der Waals surface area contributed by atoms with Gasteiger partial charge in [0, 0.05) is 32.7 Å². The van der Waals surface area contributed by atoms with Crippen molar-refractivity contribution in [3.05, 3.63) is 47.1 Å². The molecule has 0 radical (unpaired) electrons. The lowest BCUT2D eigenvalue weighted by Crippen LogP contribution is -2.48. The third kappa shape index (κ3) is 5.26. The van der Waals surface area contributed by atoms with Crippen LogP contribution in [-0.2, 0) is 10.9 Å². The molecule has 1 N–H and O–H groups in total. The summed E-state index contributed by atoms with van der Waals surface area (Å²) in [5.41, 5.74) is 0.0314. The summed E-state index contributed by atoms with van der Waals surface area (Å²) in [5, 5.41) is 6.59. The van der Waals surface area contributed by atoms with Gasteiger partial charge < -0.3 is 19.5 Å². The van der Waals surface area contributed by atoms with Crippen molar-refractivity contribution in [1.82, 2.24) is 20.4 Å². The van der Waals surface area contributed by atoms with Crippen LogP contribution in [0.1, 0.15) is 41.1 Å². The van der Waals surface area contributed by atoms with Gasteiger partial charge in [0.1, 0.15) is 0 Å². The zero-order chi connectivity index (χ0) is 21.0. The predicted octanol–water partition coefficient (Wildman–Crippen LogP) is 3.33. The molecule has 2 unspecified atom stereocenters. The third-order valence-electron chi connectivity index (χ3n) is 4.92. The Morgan fingerprint density at radius 1 is 1.28 bits per heavy atom. The van der Waals surface area contributed by atoms with E-state index in [-0.39, 0.29) is 17.9 Å². The quantitative estimate of drug-likeness (QED) is 0.762. The molecule has 0 saturated carbocycles. The van der Waals surface area contributed by atoms with Crippen molar-refractivity contribution in [2.45, 2.75) is 31.4 Å². The standard InChI is InChI=1S/C19H23F3N4O3/c1-12-24-17(29-25-12)15-9-14(10-26(11-15)18(27)23-7-8-28-2)13-3-5-16(6-4-13)19(20,21)22/h3-6,14-15H,7-11H2,1-2H3,(H,23,27). The van der Waals surface area contributed by atoms with E-state index in [0.29, 0.717) is 44.4 Å². The number of ether oxygens (including phenoxy) is 1. The first-order valence-corrected chi connectivity index (χ1v) is 9.27. The first kappa shape index (κ1) is 21.1. The molecular weight excluding hydrogens is 389 g/mol. The fourth-order valence-electron chi connectivity index (χ4n) is 3.48. The van der Waals surface area contributed by atoms with Gasteiger partial charge in [0.25, 0.3) is 0 Å². The number of halogens is 3. The second-order valence-corrected chi connectivity index (χ2v) is 7.06. The summed E-state index contributed by atoms with van der Waals surface area (Å²) in [6.07, 6.45) is -3.79. The van der Waals surface area contributed by atoms with E-state index in [1.807, 2.05) is 0 Å². The zero-order valence-corrected chi connectivity index (χ0v) is 16.2. The summed E-state index contributed by atoms with van der Waals surface area (Å²) in [6, 6.07) is 4.81. The largest absolute Gasteiger partial charge is 0.416 e. The van der Waals surface area contributed by atoms with Crippen molar-refractivity contribution in [3.63, 3.8) is 0 Å². The summed E-state index contributed by atoms with van der Waals surface area (Å²) < 4.78 is 48.8. The Bertz CT molecular complexity index is 823. The number of nitrogens with zero attached hydrogens (tertiary/aromatic N) is 3. The number of aromatic nitrogens is 2. The average molecular weight is 412 g/mol. The SMILES string of the molecule is COCCNC(=O)N1CC(c2ccc(C(F)(F)F)cc2)CC(c2nc(C)no2)C1. The van der Waals surface area contributed by atoms with Crippen molar-refractivity contribution in [2.24, 2.45) is 0 Å². The zero-order valence-electron chi connectivity index (χ0n) is 16.2. The minimum atomic E-state index is -4.39. The number of benzene rings is 1. The molecule has 2 aromatic rings. The number of methoxy groups -OCH3 is 1.